The lowest BCUT2D eigenvalue weighted by atomic mass is 10.1. The molecule has 3 N–H and O–H groups in total. The topological polar surface area (TPSA) is 58.4 Å². The predicted octanol–water partition coefficient (Wildman–Crippen LogP) is 3.88. The van der Waals surface area contributed by atoms with E-state index >= 15 is 0 Å². The van der Waals surface area contributed by atoms with E-state index in [4.69, 9.17) is 12.2 Å². The Balaban J connectivity index is 1.71. The smallest absolute Gasteiger partial charge is 0.227 e. The molecule has 27 heavy (non-hydrogen) atoms. The number of amides is 1. The quantitative estimate of drug-likeness (QED) is 0.575. The fraction of sp³-hybridized carbons (Fsp3) is 0.286. The summed E-state index contributed by atoms with van der Waals surface area (Å²) in [6.45, 7) is 0.826. The molecule has 0 heterocycles. The van der Waals surface area contributed by atoms with E-state index in [1.165, 1.54) is 12.1 Å². The number of hydrogen-bond donors (Lipinski definition) is 2. The summed E-state index contributed by atoms with van der Waals surface area (Å²) >= 11 is 0. The Bertz CT molecular complexity index is 870. The number of terminal acetylenes is 1. The van der Waals surface area contributed by atoms with Gasteiger partial charge in [-0.05, 0) is 48.7 Å². The molecular formula is C21H21F2N3O. The molecule has 1 saturated carbocycles. The van der Waals surface area contributed by atoms with Crippen LogP contribution in [0.1, 0.15) is 24.8 Å². The molecule has 0 bridgehead atoms. The van der Waals surface area contributed by atoms with Crippen LogP contribution in [0.5, 0.6) is 0 Å². The first kappa shape index (κ1) is 18.7. The third-order valence-electron chi connectivity index (χ3n) is 4.51. The molecule has 1 fully saturated rings. The fourth-order valence-corrected chi connectivity index (χ4v) is 2.81. The van der Waals surface area contributed by atoms with Crippen LogP contribution in [0.2, 0.25) is 0 Å². The van der Waals surface area contributed by atoms with Crippen molar-refractivity contribution in [3.05, 3.63) is 53.8 Å². The summed E-state index contributed by atoms with van der Waals surface area (Å²) in [6.07, 6.45) is 6.18. The van der Waals surface area contributed by atoms with Crippen molar-refractivity contribution < 1.29 is 13.6 Å². The summed E-state index contributed by atoms with van der Waals surface area (Å²) in [5.41, 5.74) is 7.19. The molecule has 2 aromatic rings. The third kappa shape index (κ3) is 4.98. The molecule has 0 aromatic heterocycles. The summed E-state index contributed by atoms with van der Waals surface area (Å²) in [5, 5.41) is 2.66. The van der Waals surface area contributed by atoms with Gasteiger partial charge in [0.25, 0.3) is 0 Å². The average molecular weight is 369 g/mol. The maximum atomic E-state index is 13.7. The molecule has 0 spiro atoms. The van der Waals surface area contributed by atoms with E-state index in [0.717, 1.165) is 11.3 Å². The molecule has 0 atom stereocenters. The largest absolute Gasteiger partial charge is 0.397 e. The monoisotopic (exact) mass is 369 g/mol. The van der Waals surface area contributed by atoms with E-state index in [1.807, 2.05) is 4.90 Å². The minimum absolute atomic E-state index is 0.151. The van der Waals surface area contributed by atoms with Crippen LogP contribution in [-0.4, -0.2) is 18.1 Å². The van der Waals surface area contributed by atoms with Crippen LogP contribution in [0.25, 0.3) is 0 Å². The molecule has 1 aliphatic carbocycles. The minimum Gasteiger partial charge on any atom is -0.397 e. The molecular weight excluding hydrogens is 348 g/mol. The van der Waals surface area contributed by atoms with Crippen LogP contribution in [0.15, 0.2) is 42.5 Å². The Hall–Kier alpha value is -3.07. The van der Waals surface area contributed by atoms with Crippen molar-refractivity contribution in [1.29, 1.82) is 0 Å². The Morgan fingerprint density at radius 3 is 2.56 bits per heavy atom. The zero-order valence-electron chi connectivity index (χ0n) is 14.8. The van der Waals surface area contributed by atoms with E-state index in [-0.39, 0.29) is 18.1 Å². The second-order valence-electron chi connectivity index (χ2n) is 6.83. The molecule has 1 aliphatic rings. The molecule has 0 saturated heterocycles. The van der Waals surface area contributed by atoms with Crippen LogP contribution in [0.3, 0.4) is 0 Å². The molecule has 3 rings (SSSR count). The Morgan fingerprint density at radius 1 is 1.26 bits per heavy atom. The van der Waals surface area contributed by atoms with Gasteiger partial charge in [-0.1, -0.05) is 18.1 Å². The number of hydrogen-bond acceptors (Lipinski definition) is 3. The Morgan fingerprint density at radius 2 is 1.96 bits per heavy atom. The van der Waals surface area contributed by atoms with Crippen molar-refractivity contribution in [2.24, 2.45) is 0 Å². The van der Waals surface area contributed by atoms with Gasteiger partial charge in [-0.25, -0.2) is 8.78 Å². The van der Waals surface area contributed by atoms with Gasteiger partial charge in [-0.15, -0.1) is 6.42 Å². The molecule has 6 heteroatoms. The van der Waals surface area contributed by atoms with Gasteiger partial charge in [-0.3, -0.25) is 4.79 Å². The molecule has 4 nitrogen and oxygen atoms in total. The molecule has 2 aromatic carbocycles. The second-order valence-corrected chi connectivity index (χ2v) is 6.83. The number of nitrogens with zero attached hydrogens (tertiary/aromatic N) is 1. The highest BCUT2D eigenvalue weighted by atomic mass is 19.1. The molecule has 0 radical (unpaired) electrons. The normalized spacial score (nSPS) is 14.3. The second kappa shape index (κ2) is 7.67. The maximum Gasteiger partial charge on any atom is 0.227 e. The maximum absolute atomic E-state index is 13.7. The van der Waals surface area contributed by atoms with E-state index < -0.39 is 5.67 Å². The number of nitrogens with two attached hydrogens (primary N) is 1. The van der Waals surface area contributed by atoms with E-state index in [1.54, 1.807) is 30.3 Å². The minimum atomic E-state index is -1.35. The summed E-state index contributed by atoms with van der Waals surface area (Å²) in [5.74, 6) is 1.91. The van der Waals surface area contributed by atoms with Gasteiger partial charge in [0.2, 0.25) is 5.91 Å². The third-order valence-corrected chi connectivity index (χ3v) is 4.51. The van der Waals surface area contributed by atoms with Gasteiger partial charge in [0.05, 0.1) is 24.3 Å². The van der Waals surface area contributed by atoms with Crippen LogP contribution < -0.4 is 16.0 Å². The zero-order valence-corrected chi connectivity index (χ0v) is 14.8. The zero-order chi connectivity index (χ0) is 19.4. The average Bonchev–Trinajstić information content (AvgIpc) is 3.34. The number of benzene rings is 2. The summed E-state index contributed by atoms with van der Waals surface area (Å²) in [4.78, 5) is 13.8. The van der Waals surface area contributed by atoms with Crippen LogP contribution in [0, 0.1) is 18.2 Å². The highest BCUT2D eigenvalue weighted by Gasteiger charge is 2.44. The first-order valence-corrected chi connectivity index (χ1v) is 8.70. The van der Waals surface area contributed by atoms with Crippen LogP contribution in [-0.2, 0) is 11.3 Å². The number of halogens is 2. The fourth-order valence-electron chi connectivity index (χ4n) is 2.81. The van der Waals surface area contributed by atoms with Gasteiger partial charge in [0.15, 0.2) is 0 Å². The van der Waals surface area contributed by atoms with E-state index in [2.05, 4.69) is 11.2 Å². The van der Waals surface area contributed by atoms with E-state index in [0.29, 0.717) is 37.3 Å². The SMILES string of the molecule is C#CCN(Cc1ccc(F)cc1)c1ccc(NC(=O)CC2(F)CC2)c(N)c1. The Kier molecular flexibility index (Phi) is 5.31. The lowest BCUT2D eigenvalue weighted by Gasteiger charge is -2.23. The number of carbonyl (C=O) groups is 1. The first-order chi connectivity index (χ1) is 12.9. The number of carbonyl (C=O) groups excluding carboxylic acids is 1. The summed E-state index contributed by atoms with van der Waals surface area (Å²) < 4.78 is 26.8. The van der Waals surface area contributed by atoms with Crippen molar-refractivity contribution in [1.82, 2.24) is 0 Å². The van der Waals surface area contributed by atoms with Gasteiger partial charge >= 0.3 is 0 Å². The predicted molar refractivity (Wildman–Crippen MR) is 103 cm³/mol. The number of nitrogen functional groups attached to an aromatic ring is 1. The van der Waals surface area contributed by atoms with E-state index in [9.17, 15) is 13.6 Å². The number of rotatable bonds is 7. The van der Waals surface area contributed by atoms with Crippen molar-refractivity contribution in [3.8, 4) is 12.3 Å². The lowest BCUT2D eigenvalue weighted by Crippen LogP contribution is -2.23. The molecule has 0 aliphatic heterocycles. The van der Waals surface area contributed by atoms with Crippen LogP contribution >= 0.6 is 0 Å². The Labute approximate surface area is 157 Å². The lowest BCUT2D eigenvalue weighted by molar-refractivity contribution is -0.117. The van der Waals surface area contributed by atoms with Gasteiger partial charge < -0.3 is 16.0 Å². The first-order valence-electron chi connectivity index (χ1n) is 8.70. The summed E-state index contributed by atoms with van der Waals surface area (Å²) in [6, 6.07) is 11.4. The van der Waals surface area contributed by atoms with Crippen molar-refractivity contribution >= 4 is 23.0 Å². The number of anilines is 3. The van der Waals surface area contributed by atoms with Gasteiger partial charge in [0.1, 0.15) is 11.5 Å². The van der Waals surface area contributed by atoms with Crippen molar-refractivity contribution in [3.63, 3.8) is 0 Å². The van der Waals surface area contributed by atoms with Crippen molar-refractivity contribution in [2.75, 3.05) is 22.5 Å². The van der Waals surface area contributed by atoms with Gasteiger partial charge in [-0.2, -0.15) is 0 Å². The van der Waals surface area contributed by atoms with Crippen LogP contribution in [0.4, 0.5) is 25.8 Å². The highest BCUT2D eigenvalue weighted by molar-refractivity contribution is 5.95. The number of alkyl halides is 1. The standard InChI is InChI=1S/C21H21F2N3O/c1-2-11-26(14-15-3-5-16(22)6-4-15)17-7-8-19(18(24)12-17)25-20(27)13-21(23)9-10-21/h1,3-8,12H,9-11,13-14,24H2,(H,25,27). The summed E-state index contributed by atoms with van der Waals surface area (Å²) in [7, 11) is 0. The van der Waals surface area contributed by atoms with Crippen molar-refractivity contribution in [2.45, 2.75) is 31.5 Å². The molecule has 1 amide bonds. The highest BCUT2D eigenvalue weighted by Crippen LogP contribution is 2.43. The van der Waals surface area contributed by atoms with Gasteiger partial charge in [0, 0.05) is 12.2 Å². The number of nitrogens with one attached hydrogen (secondary N) is 1. The molecule has 140 valence electrons. The molecule has 0 unspecified atom stereocenters.